The van der Waals surface area contributed by atoms with E-state index in [9.17, 15) is 8.78 Å². The van der Waals surface area contributed by atoms with Gasteiger partial charge < -0.3 is 9.73 Å². The zero-order chi connectivity index (χ0) is 13.1. The maximum atomic E-state index is 13.8. The van der Waals surface area contributed by atoms with Crippen LogP contribution in [0.25, 0.3) is 0 Å². The van der Waals surface area contributed by atoms with Gasteiger partial charge in [0.2, 0.25) is 0 Å². The third kappa shape index (κ3) is 2.47. The highest BCUT2D eigenvalue weighted by molar-refractivity contribution is 9.10. The third-order valence-electron chi connectivity index (χ3n) is 2.61. The third-order valence-corrected chi connectivity index (χ3v) is 3.26. The Bertz CT molecular complexity index is 542. The molecule has 1 aromatic heterocycles. The molecule has 0 fully saturated rings. The lowest BCUT2D eigenvalue weighted by atomic mass is 10.0. The van der Waals surface area contributed by atoms with Crippen LogP contribution in [-0.2, 0) is 0 Å². The van der Waals surface area contributed by atoms with E-state index in [1.54, 1.807) is 12.1 Å². The van der Waals surface area contributed by atoms with Gasteiger partial charge >= 0.3 is 0 Å². The average Bonchev–Trinajstić information content (AvgIpc) is 2.76. The van der Waals surface area contributed by atoms with Gasteiger partial charge in [-0.3, -0.25) is 0 Å². The summed E-state index contributed by atoms with van der Waals surface area (Å²) in [5, 5.41) is 3.08. The maximum Gasteiger partial charge on any atom is 0.164 e. The molecule has 0 aliphatic heterocycles. The summed E-state index contributed by atoms with van der Waals surface area (Å²) in [6, 6.07) is 5.32. The van der Waals surface area contributed by atoms with Crippen LogP contribution in [0.4, 0.5) is 8.78 Å². The minimum Gasteiger partial charge on any atom is -0.466 e. The molecule has 0 amide bonds. The first-order chi connectivity index (χ1) is 8.65. The standard InChI is InChI=1S/C13H12BrF2NO/c1-2-17-12(13-9(14)6-7-18-13)8-4-3-5-10(15)11(8)16/h3-7,12,17H,2H2,1H3. The van der Waals surface area contributed by atoms with Gasteiger partial charge in [-0.05, 0) is 34.6 Å². The molecule has 5 heteroatoms. The van der Waals surface area contributed by atoms with Gasteiger partial charge in [0.25, 0.3) is 0 Å². The van der Waals surface area contributed by atoms with Crippen LogP contribution in [0.5, 0.6) is 0 Å². The van der Waals surface area contributed by atoms with Crippen molar-refractivity contribution >= 4 is 15.9 Å². The quantitative estimate of drug-likeness (QED) is 0.922. The minimum absolute atomic E-state index is 0.229. The second-order valence-corrected chi connectivity index (χ2v) is 4.62. The van der Waals surface area contributed by atoms with Crippen LogP contribution >= 0.6 is 15.9 Å². The molecule has 1 heterocycles. The van der Waals surface area contributed by atoms with E-state index in [4.69, 9.17) is 4.42 Å². The van der Waals surface area contributed by atoms with Crippen LogP contribution < -0.4 is 5.32 Å². The molecule has 0 bridgehead atoms. The number of nitrogens with one attached hydrogen (secondary N) is 1. The zero-order valence-corrected chi connectivity index (χ0v) is 11.3. The second-order valence-electron chi connectivity index (χ2n) is 3.77. The number of hydrogen-bond acceptors (Lipinski definition) is 2. The Morgan fingerprint density at radius 3 is 2.72 bits per heavy atom. The van der Waals surface area contributed by atoms with Gasteiger partial charge in [0.15, 0.2) is 11.6 Å². The average molecular weight is 316 g/mol. The molecule has 1 atom stereocenters. The van der Waals surface area contributed by atoms with Crippen molar-refractivity contribution in [2.24, 2.45) is 0 Å². The highest BCUT2D eigenvalue weighted by Gasteiger charge is 2.23. The van der Waals surface area contributed by atoms with Crippen LogP contribution in [0, 0.1) is 11.6 Å². The van der Waals surface area contributed by atoms with Gasteiger partial charge in [0.05, 0.1) is 16.8 Å². The molecule has 18 heavy (non-hydrogen) atoms. The predicted molar refractivity (Wildman–Crippen MR) is 68.3 cm³/mol. The first-order valence-corrected chi connectivity index (χ1v) is 6.34. The smallest absolute Gasteiger partial charge is 0.164 e. The molecule has 0 saturated heterocycles. The van der Waals surface area contributed by atoms with E-state index in [1.807, 2.05) is 6.92 Å². The van der Waals surface area contributed by atoms with Crippen molar-refractivity contribution in [1.82, 2.24) is 5.32 Å². The highest BCUT2D eigenvalue weighted by atomic mass is 79.9. The Morgan fingerprint density at radius 1 is 1.33 bits per heavy atom. The van der Waals surface area contributed by atoms with E-state index in [0.717, 1.165) is 10.5 Å². The van der Waals surface area contributed by atoms with E-state index >= 15 is 0 Å². The minimum atomic E-state index is -0.863. The summed E-state index contributed by atoms with van der Waals surface area (Å²) in [4.78, 5) is 0. The van der Waals surface area contributed by atoms with Crippen LogP contribution in [0.1, 0.15) is 24.3 Å². The molecule has 2 nitrogen and oxygen atoms in total. The van der Waals surface area contributed by atoms with Gasteiger partial charge in [-0.2, -0.15) is 0 Å². The largest absolute Gasteiger partial charge is 0.466 e. The lowest BCUT2D eigenvalue weighted by molar-refractivity contribution is 0.428. The fourth-order valence-corrected chi connectivity index (χ4v) is 2.23. The van der Waals surface area contributed by atoms with Crippen LogP contribution in [0.3, 0.4) is 0 Å². The summed E-state index contributed by atoms with van der Waals surface area (Å²) in [7, 11) is 0. The molecule has 0 spiro atoms. The Labute approximate surface area is 112 Å². The molecule has 1 unspecified atom stereocenters. The zero-order valence-electron chi connectivity index (χ0n) is 9.71. The van der Waals surface area contributed by atoms with Crippen molar-refractivity contribution in [2.45, 2.75) is 13.0 Å². The van der Waals surface area contributed by atoms with Gasteiger partial charge in [0.1, 0.15) is 5.76 Å². The summed E-state index contributed by atoms with van der Waals surface area (Å²) < 4.78 is 33.2. The number of halogens is 3. The first-order valence-electron chi connectivity index (χ1n) is 5.55. The van der Waals surface area contributed by atoms with E-state index in [2.05, 4.69) is 21.2 Å². The van der Waals surface area contributed by atoms with Crippen molar-refractivity contribution in [1.29, 1.82) is 0 Å². The molecule has 2 aromatic rings. The first kappa shape index (κ1) is 13.2. The summed E-state index contributed by atoms with van der Waals surface area (Å²) in [6.07, 6.45) is 1.50. The van der Waals surface area contributed by atoms with Gasteiger partial charge in [-0.15, -0.1) is 0 Å². The molecule has 1 aromatic carbocycles. The summed E-state index contributed by atoms with van der Waals surface area (Å²) in [5.74, 6) is -1.19. The fourth-order valence-electron chi connectivity index (χ4n) is 1.80. The molecule has 0 saturated carbocycles. The second kappa shape index (κ2) is 5.63. The van der Waals surface area contributed by atoms with E-state index in [1.165, 1.54) is 12.3 Å². The number of hydrogen-bond donors (Lipinski definition) is 1. The molecular formula is C13H12BrF2NO. The number of rotatable bonds is 4. The van der Waals surface area contributed by atoms with E-state index in [-0.39, 0.29) is 5.56 Å². The van der Waals surface area contributed by atoms with E-state index in [0.29, 0.717) is 12.3 Å². The monoisotopic (exact) mass is 315 g/mol. The van der Waals surface area contributed by atoms with Gasteiger partial charge in [-0.25, -0.2) is 8.78 Å². The summed E-state index contributed by atoms with van der Waals surface area (Å²) in [6.45, 7) is 2.49. The van der Waals surface area contributed by atoms with Crippen LogP contribution in [0.15, 0.2) is 39.4 Å². The number of benzene rings is 1. The van der Waals surface area contributed by atoms with Crippen molar-refractivity contribution in [3.05, 3.63) is 58.0 Å². The van der Waals surface area contributed by atoms with Crippen molar-refractivity contribution in [3.8, 4) is 0 Å². The predicted octanol–water partition coefficient (Wildman–Crippen LogP) is 4.02. The van der Waals surface area contributed by atoms with Gasteiger partial charge in [-0.1, -0.05) is 19.1 Å². The molecule has 96 valence electrons. The topological polar surface area (TPSA) is 25.2 Å². The number of furan rings is 1. The maximum absolute atomic E-state index is 13.8. The summed E-state index contributed by atoms with van der Waals surface area (Å²) >= 11 is 3.33. The Balaban J connectivity index is 2.48. The fraction of sp³-hybridized carbons (Fsp3) is 0.231. The van der Waals surface area contributed by atoms with Gasteiger partial charge in [0, 0.05) is 5.56 Å². The van der Waals surface area contributed by atoms with Crippen molar-refractivity contribution in [3.63, 3.8) is 0 Å². The molecule has 0 radical (unpaired) electrons. The molecule has 0 aliphatic carbocycles. The molecular weight excluding hydrogens is 304 g/mol. The summed E-state index contributed by atoms with van der Waals surface area (Å²) in [5.41, 5.74) is 0.229. The lowest BCUT2D eigenvalue weighted by Gasteiger charge is -2.17. The van der Waals surface area contributed by atoms with Crippen molar-refractivity contribution < 1.29 is 13.2 Å². The SMILES string of the molecule is CCNC(c1cccc(F)c1F)c1occc1Br. The Morgan fingerprint density at radius 2 is 2.11 bits per heavy atom. The van der Waals surface area contributed by atoms with Crippen molar-refractivity contribution in [2.75, 3.05) is 6.54 Å². The van der Waals surface area contributed by atoms with Crippen LogP contribution in [0.2, 0.25) is 0 Å². The molecule has 0 aliphatic rings. The Kier molecular flexibility index (Phi) is 4.14. The normalized spacial score (nSPS) is 12.7. The highest BCUT2D eigenvalue weighted by Crippen LogP contribution is 2.31. The van der Waals surface area contributed by atoms with E-state index < -0.39 is 17.7 Å². The molecule has 2 rings (SSSR count). The van der Waals surface area contributed by atoms with Crippen LogP contribution in [-0.4, -0.2) is 6.54 Å². The lowest BCUT2D eigenvalue weighted by Crippen LogP contribution is -2.23. The molecule has 1 N–H and O–H groups in total. The Hall–Kier alpha value is -1.20.